The predicted molar refractivity (Wildman–Crippen MR) is 88.1 cm³/mol. The summed E-state index contributed by atoms with van der Waals surface area (Å²) in [5.41, 5.74) is 4.28. The topological polar surface area (TPSA) is 69.2 Å². The molecule has 5 heteroatoms. The van der Waals surface area contributed by atoms with Crippen LogP contribution in [-0.2, 0) is 29.7 Å². The summed E-state index contributed by atoms with van der Waals surface area (Å²) < 4.78 is 0. The number of aliphatic carboxylic acids is 1. The summed E-state index contributed by atoms with van der Waals surface area (Å²) in [6.45, 7) is 7.56. The normalized spacial score (nSPS) is 18.7. The van der Waals surface area contributed by atoms with Crippen LogP contribution >= 0.6 is 0 Å². The lowest BCUT2D eigenvalue weighted by atomic mass is 9.92. The fourth-order valence-electron chi connectivity index (χ4n) is 3.03. The highest BCUT2D eigenvalue weighted by Crippen LogP contribution is 2.26. The molecule has 1 aliphatic rings. The molecular weight excluding hydrogens is 290 g/mol. The van der Waals surface area contributed by atoms with E-state index in [1.807, 2.05) is 29.2 Å². The molecular formula is C18H23N3O2. The number of nitrogens with zero attached hydrogens (tertiary/aromatic N) is 2. The Hall–Kier alpha value is -2.14. The fraction of sp³-hybridized carbons (Fsp3) is 0.444. The molecule has 0 fully saturated rings. The third-order valence-electron chi connectivity index (χ3n) is 4.40. The highest BCUT2D eigenvalue weighted by molar-refractivity contribution is 5.74. The predicted octanol–water partition coefficient (Wildman–Crippen LogP) is 2.72. The molecule has 1 aromatic carbocycles. The van der Waals surface area contributed by atoms with Crippen molar-refractivity contribution in [3.63, 3.8) is 0 Å². The Bertz CT molecular complexity index is 715. The largest absolute Gasteiger partial charge is 0.480 e. The maximum atomic E-state index is 11.7. The van der Waals surface area contributed by atoms with E-state index >= 15 is 0 Å². The lowest BCUT2D eigenvalue weighted by molar-refractivity contribution is -0.144. The Morgan fingerprint density at radius 1 is 1.35 bits per heavy atom. The van der Waals surface area contributed by atoms with E-state index < -0.39 is 12.0 Å². The Labute approximate surface area is 136 Å². The van der Waals surface area contributed by atoms with Gasteiger partial charge < -0.3 is 5.11 Å². The molecule has 3 rings (SSSR count). The van der Waals surface area contributed by atoms with E-state index in [2.05, 4.69) is 37.0 Å². The molecule has 0 unspecified atom stereocenters. The zero-order chi connectivity index (χ0) is 16.6. The molecule has 0 amide bonds. The Kier molecular flexibility index (Phi) is 3.98. The van der Waals surface area contributed by atoms with Crippen LogP contribution in [0.1, 0.15) is 43.3 Å². The maximum absolute atomic E-state index is 11.7. The molecule has 1 atom stereocenters. The molecule has 2 aromatic rings. The van der Waals surface area contributed by atoms with Crippen molar-refractivity contribution in [3.8, 4) is 0 Å². The van der Waals surface area contributed by atoms with Crippen molar-refractivity contribution in [1.82, 2.24) is 15.1 Å². The molecule has 1 aliphatic heterocycles. The van der Waals surface area contributed by atoms with Gasteiger partial charge in [0.1, 0.15) is 6.04 Å². The number of fused-ring (bicyclic) bond motifs is 1. The number of carboxylic acid groups (broad SMARTS) is 1. The van der Waals surface area contributed by atoms with E-state index in [1.54, 1.807) is 0 Å². The van der Waals surface area contributed by atoms with Gasteiger partial charge in [0, 0.05) is 24.2 Å². The van der Waals surface area contributed by atoms with Crippen LogP contribution in [0.4, 0.5) is 0 Å². The summed E-state index contributed by atoms with van der Waals surface area (Å²) in [4.78, 5) is 13.7. The third kappa shape index (κ3) is 3.29. The first-order valence-corrected chi connectivity index (χ1v) is 7.93. The van der Waals surface area contributed by atoms with E-state index in [4.69, 9.17) is 0 Å². The number of hydrogen-bond acceptors (Lipinski definition) is 3. The van der Waals surface area contributed by atoms with Crippen molar-refractivity contribution in [2.45, 2.75) is 51.7 Å². The highest BCUT2D eigenvalue weighted by Gasteiger charge is 2.31. The first-order valence-electron chi connectivity index (χ1n) is 7.93. The molecule has 0 saturated carbocycles. The van der Waals surface area contributed by atoms with Crippen LogP contribution in [0.3, 0.4) is 0 Å². The summed E-state index contributed by atoms with van der Waals surface area (Å²) in [5.74, 6) is -0.768. The number of benzene rings is 1. The minimum atomic E-state index is -0.768. The van der Waals surface area contributed by atoms with E-state index in [0.29, 0.717) is 19.5 Å². The monoisotopic (exact) mass is 313 g/mol. The molecule has 0 radical (unpaired) electrons. The SMILES string of the molecule is CC(C)(C)c1cc(CN2Cc3ccccc3C[C@@H]2C(=O)O)[nH]n1. The van der Waals surface area contributed by atoms with E-state index in [-0.39, 0.29) is 5.41 Å². The smallest absolute Gasteiger partial charge is 0.321 e. The number of carbonyl (C=O) groups is 1. The van der Waals surface area contributed by atoms with Crippen molar-refractivity contribution in [2.24, 2.45) is 0 Å². The van der Waals surface area contributed by atoms with Gasteiger partial charge in [0.05, 0.1) is 5.69 Å². The molecule has 122 valence electrons. The molecule has 0 aliphatic carbocycles. The van der Waals surface area contributed by atoms with E-state index in [9.17, 15) is 9.90 Å². The molecule has 2 N–H and O–H groups in total. The summed E-state index contributed by atoms with van der Waals surface area (Å²) in [6.07, 6.45) is 0.547. The lowest BCUT2D eigenvalue weighted by Gasteiger charge is -2.34. The van der Waals surface area contributed by atoms with Crippen molar-refractivity contribution in [1.29, 1.82) is 0 Å². The summed E-state index contributed by atoms with van der Waals surface area (Å²) in [6, 6.07) is 9.62. The minimum absolute atomic E-state index is 0.0184. The average molecular weight is 313 g/mol. The molecule has 0 spiro atoms. The number of hydrogen-bond donors (Lipinski definition) is 2. The second-order valence-corrected chi connectivity index (χ2v) is 7.26. The second-order valence-electron chi connectivity index (χ2n) is 7.26. The van der Waals surface area contributed by atoms with E-state index in [1.165, 1.54) is 5.56 Å². The zero-order valence-corrected chi connectivity index (χ0v) is 13.8. The number of carboxylic acids is 1. The summed E-state index contributed by atoms with van der Waals surface area (Å²) in [7, 11) is 0. The molecule has 5 nitrogen and oxygen atoms in total. The maximum Gasteiger partial charge on any atom is 0.321 e. The van der Waals surface area contributed by atoms with Gasteiger partial charge in [-0.3, -0.25) is 14.8 Å². The number of nitrogens with one attached hydrogen (secondary N) is 1. The average Bonchev–Trinajstić information content (AvgIpc) is 2.95. The van der Waals surface area contributed by atoms with Crippen molar-refractivity contribution in [2.75, 3.05) is 0 Å². The molecule has 23 heavy (non-hydrogen) atoms. The zero-order valence-electron chi connectivity index (χ0n) is 13.8. The van der Waals surface area contributed by atoms with Crippen LogP contribution in [0, 0.1) is 0 Å². The van der Waals surface area contributed by atoms with Crippen molar-refractivity contribution >= 4 is 5.97 Å². The Morgan fingerprint density at radius 3 is 2.65 bits per heavy atom. The number of aromatic amines is 1. The minimum Gasteiger partial charge on any atom is -0.480 e. The highest BCUT2D eigenvalue weighted by atomic mass is 16.4. The number of aromatic nitrogens is 2. The first-order chi connectivity index (χ1) is 10.8. The van der Waals surface area contributed by atoms with Gasteiger partial charge in [-0.05, 0) is 23.6 Å². The Morgan fingerprint density at radius 2 is 2.04 bits per heavy atom. The van der Waals surface area contributed by atoms with Crippen LogP contribution in [0.15, 0.2) is 30.3 Å². The molecule has 2 heterocycles. The standard InChI is InChI=1S/C18H23N3O2/c1-18(2,3)16-9-14(19-20-16)11-21-10-13-7-5-4-6-12(13)8-15(21)17(22)23/h4-7,9,15H,8,10-11H2,1-3H3,(H,19,20)(H,22,23)/t15-/m1/s1. The van der Waals surface area contributed by atoms with Crippen LogP contribution < -0.4 is 0 Å². The molecule has 0 saturated heterocycles. The summed E-state index contributed by atoms with van der Waals surface area (Å²) >= 11 is 0. The second kappa shape index (κ2) is 5.81. The van der Waals surface area contributed by atoms with Crippen LogP contribution in [0.5, 0.6) is 0 Å². The lowest BCUT2D eigenvalue weighted by Crippen LogP contribution is -2.45. The number of rotatable bonds is 3. The molecule has 1 aromatic heterocycles. The van der Waals surface area contributed by atoms with Gasteiger partial charge in [0.25, 0.3) is 0 Å². The fourth-order valence-corrected chi connectivity index (χ4v) is 3.03. The van der Waals surface area contributed by atoms with Crippen molar-refractivity contribution in [3.05, 3.63) is 52.8 Å². The van der Waals surface area contributed by atoms with Gasteiger partial charge in [-0.25, -0.2) is 0 Å². The van der Waals surface area contributed by atoms with Gasteiger partial charge in [0.15, 0.2) is 0 Å². The Balaban J connectivity index is 1.83. The quantitative estimate of drug-likeness (QED) is 0.914. The summed E-state index contributed by atoms with van der Waals surface area (Å²) in [5, 5.41) is 17.0. The third-order valence-corrected chi connectivity index (χ3v) is 4.40. The van der Waals surface area contributed by atoms with E-state index in [0.717, 1.165) is 17.0 Å². The van der Waals surface area contributed by atoms with Gasteiger partial charge >= 0.3 is 5.97 Å². The molecule has 0 bridgehead atoms. The van der Waals surface area contributed by atoms with Crippen LogP contribution in [0.2, 0.25) is 0 Å². The van der Waals surface area contributed by atoms with Crippen molar-refractivity contribution < 1.29 is 9.90 Å². The van der Waals surface area contributed by atoms with Gasteiger partial charge in [-0.15, -0.1) is 0 Å². The van der Waals surface area contributed by atoms with Gasteiger partial charge in [-0.1, -0.05) is 45.0 Å². The van der Waals surface area contributed by atoms with Crippen LogP contribution in [-0.4, -0.2) is 32.2 Å². The van der Waals surface area contributed by atoms with Crippen LogP contribution in [0.25, 0.3) is 0 Å². The number of H-pyrrole nitrogens is 1. The first kappa shape index (κ1) is 15.7. The van der Waals surface area contributed by atoms with Gasteiger partial charge in [-0.2, -0.15) is 5.10 Å². The van der Waals surface area contributed by atoms with Gasteiger partial charge in [0.2, 0.25) is 0 Å².